The van der Waals surface area contributed by atoms with Gasteiger partial charge < -0.3 is 5.32 Å². The average Bonchev–Trinajstić information content (AvgIpc) is 2.53. The van der Waals surface area contributed by atoms with Crippen molar-refractivity contribution >= 4 is 23.2 Å². The molecule has 0 amide bonds. The minimum atomic E-state index is 0. The summed E-state index contributed by atoms with van der Waals surface area (Å²) in [5.41, 5.74) is 2.76. The van der Waals surface area contributed by atoms with Crippen LogP contribution in [0, 0.1) is 0 Å². The van der Waals surface area contributed by atoms with Crippen molar-refractivity contribution < 1.29 is 0 Å². The van der Waals surface area contributed by atoms with Crippen LogP contribution >= 0.6 is 12.4 Å². The molecule has 3 aromatic rings. The smallest absolute Gasteiger partial charge is 0.0211 e. The molecule has 1 nitrogen and oxygen atoms in total. The zero-order chi connectivity index (χ0) is 13.6. The monoisotopic (exact) mass is 297 g/mol. The van der Waals surface area contributed by atoms with Gasteiger partial charge in [-0.15, -0.1) is 12.4 Å². The van der Waals surface area contributed by atoms with Crippen molar-refractivity contribution in [2.24, 2.45) is 0 Å². The maximum Gasteiger partial charge on any atom is 0.0211 e. The molecule has 0 bridgehead atoms. The fourth-order valence-corrected chi connectivity index (χ4v) is 2.55. The molecule has 0 atom stereocenters. The van der Waals surface area contributed by atoms with Gasteiger partial charge in [0.1, 0.15) is 0 Å². The lowest BCUT2D eigenvalue weighted by Gasteiger charge is -2.08. The van der Waals surface area contributed by atoms with Crippen molar-refractivity contribution in [1.82, 2.24) is 5.32 Å². The van der Waals surface area contributed by atoms with E-state index in [0.717, 1.165) is 19.5 Å². The summed E-state index contributed by atoms with van der Waals surface area (Å²) in [7, 11) is 0. The SMILES string of the molecule is Cl.c1ccc(CCNCc2cccc3ccccc23)cc1. The number of nitrogens with one attached hydrogen (secondary N) is 1. The third kappa shape index (κ3) is 4.07. The molecule has 3 aromatic carbocycles. The Morgan fingerprint density at radius 3 is 2.29 bits per heavy atom. The van der Waals surface area contributed by atoms with Crippen LogP contribution in [-0.2, 0) is 13.0 Å². The summed E-state index contributed by atoms with van der Waals surface area (Å²) in [6, 6.07) is 25.7. The summed E-state index contributed by atoms with van der Waals surface area (Å²) in [5, 5.41) is 6.21. The van der Waals surface area contributed by atoms with E-state index < -0.39 is 0 Å². The van der Waals surface area contributed by atoms with E-state index in [2.05, 4.69) is 78.1 Å². The third-order valence-electron chi connectivity index (χ3n) is 3.63. The number of hydrogen-bond acceptors (Lipinski definition) is 1. The van der Waals surface area contributed by atoms with Gasteiger partial charge in [-0.3, -0.25) is 0 Å². The van der Waals surface area contributed by atoms with Crippen molar-refractivity contribution in [3.8, 4) is 0 Å². The predicted molar refractivity (Wildman–Crippen MR) is 93.0 cm³/mol. The predicted octanol–water partition coefficient (Wildman–Crippen LogP) is 4.59. The summed E-state index contributed by atoms with van der Waals surface area (Å²) < 4.78 is 0. The van der Waals surface area contributed by atoms with E-state index in [4.69, 9.17) is 0 Å². The van der Waals surface area contributed by atoms with Crippen LogP contribution in [0.2, 0.25) is 0 Å². The normalized spacial score (nSPS) is 10.3. The van der Waals surface area contributed by atoms with Gasteiger partial charge in [0.15, 0.2) is 0 Å². The van der Waals surface area contributed by atoms with E-state index in [0.29, 0.717) is 0 Å². The van der Waals surface area contributed by atoms with Crippen LogP contribution in [0.3, 0.4) is 0 Å². The Balaban J connectivity index is 0.00000161. The lowest BCUT2D eigenvalue weighted by atomic mass is 10.0. The van der Waals surface area contributed by atoms with E-state index in [-0.39, 0.29) is 12.4 Å². The molecular formula is C19H20ClN. The Hall–Kier alpha value is -1.83. The van der Waals surface area contributed by atoms with E-state index in [9.17, 15) is 0 Å². The van der Waals surface area contributed by atoms with Crippen molar-refractivity contribution in [3.63, 3.8) is 0 Å². The van der Waals surface area contributed by atoms with E-state index in [1.807, 2.05) is 0 Å². The van der Waals surface area contributed by atoms with Crippen LogP contribution in [0.5, 0.6) is 0 Å². The average molecular weight is 298 g/mol. The Bertz CT molecular complexity index is 674. The molecule has 0 aliphatic rings. The molecule has 0 aliphatic carbocycles. The lowest BCUT2D eigenvalue weighted by Crippen LogP contribution is -2.16. The van der Waals surface area contributed by atoms with Crippen molar-refractivity contribution in [1.29, 1.82) is 0 Å². The van der Waals surface area contributed by atoms with E-state index >= 15 is 0 Å². The van der Waals surface area contributed by atoms with Crippen LogP contribution in [0.1, 0.15) is 11.1 Å². The minimum Gasteiger partial charge on any atom is -0.312 e. The van der Waals surface area contributed by atoms with Gasteiger partial charge in [0.05, 0.1) is 0 Å². The molecule has 1 N–H and O–H groups in total. The van der Waals surface area contributed by atoms with Gasteiger partial charge in [-0.1, -0.05) is 72.8 Å². The molecule has 0 unspecified atom stereocenters. The van der Waals surface area contributed by atoms with Gasteiger partial charge in [0.25, 0.3) is 0 Å². The number of rotatable bonds is 5. The van der Waals surface area contributed by atoms with Gasteiger partial charge in [-0.2, -0.15) is 0 Å². The van der Waals surface area contributed by atoms with E-state index in [1.165, 1.54) is 21.9 Å². The number of fused-ring (bicyclic) bond motifs is 1. The minimum absolute atomic E-state index is 0. The Labute approximate surface area is 132 Å². The molecule has 21 heavy (non-hydrogen) atoms. The first-order chi connectivity index (χ1) is 9.93. The van der Waals surface area contributed by atoms with E-state index in [1.54, 1.807) is 0 Å². The first kappa shape index (κ1) is 15.6. The Morgan fingerprint density at radius 2 is 1.43 bits per heavy atom. The van der Waals surface area contributed by atoms with Crippen molar-refractivity contribution in [2.45, 2.75) is 13.0 Å². The first-order valence-electron chi connectivity index (χ1n) is 7.15. The lowest BCUT2D eigenvalue weighted by molar-refractivity contribution is 0.690. The highest BCUT2D eigenvalue weighted by Crippen LogP contribution is 2.18. The summed E-state index contributed by atoms with van der Waals surface area (Å²) in [6.45, 7) is 1.93. The van der Waals surface area contributed by atoms with Crippen LogP contribution in [0.25, 0.3) is 10.8 Å². The first-order valence-corrected chi connectivity index (χ1v) is 7.15. The summed E-state index contributed by atoms with van der Waals surface area (Å²) in [6.07, 6.45) is 1.08. The number of hydrogen-bond donors (Lipinski definition) is 1. The molecule has 0 aliphatic heterocycles. The molecule has 0 radical (unpaired) electrons. The fraction of sp³-hybridized carbons (Fsp3) is 0.158. The van der Waals surface area contributed by atoms with Gasteiger partial charge in [0, 0.05) is 6.54 Å². The van der Waals surface area contributed by atoms with Gasteiger partial charge >= 0.3 is 0 Å². The molecule has 0 saturated heterocycles. The second-order valence-electron chi connectivity index (χ2n) is 5.05. The highest BCUT2D eigenvalue weighted by molar-refractivity contribution is 5.85. The molecule has 0 heterocycles. The molecule has 0 saturated carbocycles. The second kappa shape index (κ2) is 7.82. The second-order valence-corrected chi connectivity index (χ2v) is 5.05. The number of benzene rings is 3. The van der Waals surface area contributed by atoms with Crippen LogP contribution in [0.4, 0.5) is 0 Å². The topological polar surface area (TPSA) is 12.0 Å². The molecule has 2 heteroatoms. The van der Waals surface area contributed by atoms with Crippen LogP contribution in [0.15, 0.2) is 72.8 Å². The molecule has 0 aromatic heterocycles. The maximum absolute atomic E-state index is 3.54. The van der Waals surface area contributed by atoms with Crippen LogP contribution < -0.4 is 5.32 Å². The molecular weight excluding hydrogens is 278 g/mol. The van der Waals surface area contributed by atoms with Crippen LogP contribution in [-0.4, -0.2) is 6.54 Å². The zero-order valence-corrected chi connectivity index (χ0v) is 12.8. The fourth-order valence-electron chi connectivity index (χ4n) is 2.55. The molecule has 0 fully saturated rings. The maximum atomic E-state index is 3.54. The molecule has 3 rings (SSSR count). The zero-order valence-electron chi connectivity index (χ0n) is 12.0. The Kier molecular flexibility index (Phi) is 5.79. The standard InChI is InChI=1S/C19H19N.ClH/c1-2-7-16(8-3-1)13-14-20-15-18-11-6-10-17-9-4-5-12-19(17)18;/h1-12,20H,13-15H2;1H. The molecule has 0 spiro atoms. The Morgan fingerprint density at radius 1 is 0.714 bits per heavy atom. The number of halogens is 1. The summed E-state index contributed by atoms with van der Waals surface area (Å²) >= 11 is 0. The summed E-state index contributed by atoms with van der Waals surface area (Å²) in [5.74, 6) is 0. The summed E-state index contributed by atoms with van der Waals surface area (Å²) in [4.78, 5) is 0. The third-order valence-corrected chi connectivity index (χ3v) is 3.63. The van der Waals surface area contributed by atoms with Gasteiger partial charge in [-0.25, -0.2) is 0 Å². The highest BCUT2D eigenvalue weighted by atomic mass is 35.5. The largest absolute Gasteiger partial charge is 0.312 e. The van der Waals surface area contributed by atoms with Gasteiger partial charge in [-0.05, 0) is 34.9 Å². The quantitative estimate of drug-likeness (QED) is 0.679. The highest BCUT2D eigenvalue weighted by Gasteiger charge is 1.99. The van der Waals surface area contributed by atoms with Crippen molar-refractivity contribution in [3.05, 3.63) is 83.9 Å². The molecule has 108 valence electrons. The van der Waals surface area contributed by atoms with Gasteiger partial charge in [0.2, 0.25) is 0 Å². The van der Waals surface area contributed by atoms with Crippen molar-refractivity contribution in [2.75, 3.05) is 6.54 Å².